The second kappa shape index (κ2) is 10.5. The van der Waals surface area contributed by atoms with Gasteiger partial charge < -0.3 is 14.4 Å². The topological polar surface area (TPSA) is 72.9 Å². The van der Waals surface area contributed by atoms with E-state index in [4.69, 9.17) is 9.47 Å². The number of hydrogen-bond acceptors (Lipinski definition) is 5. The van der Waals surface area contributed by atoms with E-state index in [9.17, 15) is 14.4 Å². The van der Waals surface area contributed by atoms with Gasteiger partial charge in [0.1, 0.15) is 12.0 Å². The van der Waals surface area contributed by atoms with E-state index in [1.807, 2.05) is 30.3 Å². The molecule has 0 aliphatic heterocycles. The Kier molecular flexibility index (Phi) is 8.72. The van der Waals surface area contributed by atoms with Crippen LogP contribution < -0.4 is 0 Å². The molecule has 0 aliphatic carbocycles. The van der Waals surface area contributed by atoms with Gasteiger partial charge in [-0.3, -0.25) is 9.59 Å². The minimum atomic E-state index is -0.619. The lowest BCUT2D eigenvalue weighted by Gasteiger charge is -2.29. The van der Waals surface area contributed by atoms with E-state index in [0.29, 0.717) is 6.42 Å². The number of hydrogen-bond donors (Lipinski definition) is 0. The number of allylic oxidation sites excluding steroid dienone is 1. The van der Waals surface area contributed by atoms with E-state index in [1.165, 1.54) is 11.0 Å². The van der Waals surface area contributed by atoms with Crippen LogP contribution >= 0.6 is 0 Å². The molecule has 0 fully saturated rings. The fraction of sp³-hybridized carbons (Fsp3) is 0.476. The molecule has 1 aromatic rings. The Labute approximate surface area is 161 Å². The van der Waals surface area contributed by atoms with E-state index in [1.54, 1.807) is 40.8 Å². The maximum atomic E-state index is 12.4. The van der Waals surface area contributed by atoms with Gasteiger partial charge in [0.15, 0.2) is 5.78 Å². The summed E-state index contributed by atoms with van der Waals surface area (Å²) in [5.41, 5.74) is 0.395. The lowest BCUT2D eigenvalue weighted by atomic mass is 10.0. The standard InChI is InChI=1S/C21H29NO5/c1-6-26-19(24)15-18(23)13-12-17(14-16-10-8-7-9-11-16)22(5)20(25)27-21(2,3)4/h7-13,17H,6,14-15H2,1-5H3/b13-12+/t17-/m0/s1. The normalized spacial score (nSPS) is 12.5. The van der Waals surface area contributed by atoms with Crippen LogP contribution in [-0.4, -0.2) is 48.0 Å². The zero-order valence-corrected chi connectivity index (χ0v) is 16.7. The highest BCUT2D eigenvalue weighted by Gasteiger charge is 2.24. The predicted octanol–water partition coefficient (Wildman–Crippen LogP) is 3.54. The average Bonchev–Trinajstić information content (AvgIpc) is 2.57. The van der Waals surface area contributed by atoms with Gasteiger partial charge in [0.25, 0.3) is 0 Å². The zero-order chi connectivity index (χ0) is 20.4. The Morgan fingerprint density at radius 3 is 2.33 bits per heavy atom. The lowest BCUT2D eigenvalue weighted by Crippen LogP contribution is -2.41. The number of amides is 1. The Bertz CT molecular complexity index is 661. The molecule has 0 unspecified atom stereocenters. The van der Waals surface area contributed by atoms with Crippen molar-refractivity contribution in [3.63, 3.8) is 0 Å². The molecule has 0 heterocycles. The molecule has 6 heteroatoms. The predicted molar refractivity (Wildman–Crippen MR) is 103 cm³/mol. The molecule has 0 aromatic heterocycles. The highest BCUT2D eigenvalue weighted by Crippen LogP contribution is 2.14. The molecule has 0 N–H and O–H groups in total. The van der Waals surface area contributed by atoms with E-state index in [0.717, 1.165) is 5.56 Å². The van der Waals surface area contributed by atoms with Crippen LogP contribution in [0.3, 0.4) is 0 Å². The molecule has 0 saturated carbocycles. The molecular weight excluding hydrogens is 346 g/mol. The molecule has 1 atom stereocenters. The summed E-state index contributed by atoms with van der Waals surface area (Å²) in [5, 5.41) is 0. The molecule has 27 heavy (non-hydrogen) atoms. The molecule has 148 valence electrons. The second-order valence-corrected chi connectivity index (χ2v) is 7.16. The monoisotopic (exact) mass is 375 g/mol. The fourth-order valence-corrected chi connectivity index (χ4v) is 2.29. The van der Waals surface area contributed by atoms with Crippen LogP contribution in [0.4, 0.5) is 4.79 Å². The van der Waals surface area contributed by atoms with Crippen LogP contribution in [0.25, 0.3) is 0 Å². The minimum absolute atomic E-state index is 0.230. The van der Waals surface area contributed by atoms with Crippen LogP contribution in [0.1, 0.15) is 39.7 Å². The van der Waals surface area contributed by atoms with Crippen molar-refractivity contribution in [1.29, 1.82) is 0 Å². The van der Waals surface area contributed by atoms with Crippen molar-refractivity contribution in [3.8, 4) is 0 Å². The number of rotatable bonds is 8. The maximum absolute atomic E-state index is 12.4. The Morgan fingerprint density at radius 2 is 1.78 bits per heavy atom. The van der Waals surface area contributed by atoms with Crippen molar-refractivity contribution in [3.05, 3.63) is 48.0 Å². The first-order valence-corrected chi connectivity index (χ1v) is 8.98. The van der Waals surface area contributed by atoms with Gasteiger partial charge in [0.2, 0.25) is 0 Å². The molecule has 0 aliphatic rings. The number of ether oxygens (including phenoxy) is 2. The van der Waals surface area contributed by atoms with Gasteiger partial charge in [-0.2, -0.15) is 0 Å². The largest absolute Gasteiger partial charge is 0.466 e. The first-order valence-electron chi connectivity index (χ1n) is 8.98. The van der Waals surface area contributed by atoms with Gasteiger partial charge in [-0.25, -0.2) is 4.79 Å². The molecule has 0 saturated heterocycles. The van der Waals surface area contributed by atoms with Gasteiger partial charge in [0, 0.05) is 7.05 Å². The number of nitrogens with zero attached hydrogens (tertiary/aromatic N) is 1. The van der Waals surface area contributed by atoms with Gasteiger partial charge in [-0.1, -0.05) is 36.4 Å². The van der Waals surface area contributed by atoms with Crippen LogP contribution in [0.15, 0.2) is 42.5 Å². The third-order valence-electron chi connectivity index (χ3n) is 3.59. The maximum Gasteiger partial charge on any atom is 0.410 e. The highest BCUT2D eigenvalue weighted by atomic mass is 16.6. The summed E-state index contributed by atoms with van der Waals surface area (Å²) in [6.07, 6.45) is 2.66. The van der Waals surface area contributed by atoms with Crippen LogP contribution in [0.2, 0.25) is 0 Å². The van der Waals surface area contributed by atoms with Crippen LogP contribution in [0.5, 0.6) is 0 Å². The van der Waals surface area contributed by atoms with Gasteiger partial charge >= 0.3 is 12.1 Å². The smallest absolute Gasteiger partial charge is 0.410 e. The molecule has 0 radical (unpaired) electrons. The van der Waals surface area contributed by atoms with Crippen LogP contribution in [-0.2, 0) is 25.5 Å². The van der Waals surface area contributed by atoms with Crippen molar-refractivity contribution in [1.82, 2.24) is 4.90 Å². The van der Waals surface area contributed by atoms with Gasteiger partial charge in [-0.05, 0) is 45.8 Å². The first-order chi connectivity index (χ1) is 12.6. The highest BCUT2D eigenvalue weighted by molar-refractivity contribution is 6.01. The van der Waals surface area contributed by atoms with E-state index >= 15 is 0 Å². The molecule has 0 spiro atoms. The average molecular weight is 375 g/mol. The van der Waals surface area contributed by atoms with Crippen LogP contribution in [0, 0.1) is 0 Å². The second-order valence-electron chi connectivity index (χ2n) is 7.16. The summed E-state index contributed by atoms with van der Waals surface area (Å²) >= 11 is 0. The van der Waals surface area contributed by atoms with Crippen molar-refractivity contribution in [2.24, 2.45) is 0 Å². The molecule has 1 rings (SSSR count). The number of esters is 1. The van der Waals surface area contributed by atoms with Gasteiger partial charge in [-0.15, -0.1) is 0 Å². The number of likely N-dealkylation sites (N-methyl/N-ethyl adjacent to an activating group) is 1. The Balaban J connectivity index is 2.90. The lowest BCUT2D eigenvalue weighted by molar-refractivity contribution is -0.144. The molecule has 1 aromatic carbocycles. The third kappa shape index (κ3) is 9.03. The van der Waals surface area contributed by atoms with Crippen molar-refractivity contribution < 1.29 is 23.9 Å². The molecular formula is C21H29NO5. The molecule has 0 bridgehead atoms. The van der Waals surface area contributed by atoms with Crippen molar-refractivity contribution in [2.75, 3.05) is 13.7 Å². The fourth-order valence-electron chi connectivity index (χ4n) is 2.29. The van der Waals surface area contributed by atoms with Crippen molar-refractivity contribution in [2.45, 2.75) is 52.2 Å². The third-order valence-corrected chi connectivity index (χ3v) is 3.59. The molecule has 6 nitrogen and oxygen atoms in total. The Hall–Kier alpha value is -2.63. The summed E-state index contributed by atoms with van der Waals surface area (Å²) in [7, 11) is 1.63. The number of carbonyl (C=O) groups excluding carboxylic acids is 3. The number of ketones is 1. The van der Waals surface area contributed by atoms with E-state index < -0.39 is 23.7 Å². The van der Waals surface area contributed by atoms with Gasteiger partial charge in [0.05, 0.1) is 12.6 Å². The van der Waals surface area contributed by atoms with E-state index in [2.05, 4.69) is 0 Å². The summed E-state index contributed by atoms with van der Waals surface area (Å²) < 4.78 is 10.2. The number of benzene rings is 1. The minimum Gasteiger partial charge on any atom is -0.466 e. The SMILES string of the molecule is CCOC(=O)CC(=O)/C=C/[C@@H](Cc1ccccc1)N(C)C(=O)OC(C)(C)C. The quantitative estimate of drug-likeness (QED) is 0.395. The number of carbonyl (C=O) groups is 3. The summed E-state index contributed by atoms with van der Waals surface area (Å²) in [6.45, 7) is 7.30. The summed E-state index contributed by atoms with van der Waals surface area (Å²) in [4.78, 5) is 37.3. The van der Waals surface area contributed by atoms with E-state index in [-0.39, 0.29) is 18.8 Å². The Morgan fingerprint density at radius 1 is 1.15 bits per heavy atom. The molecule has 1 amide bonds. The summed E-state index contributed by atoms with van der Waals surface area (Å²) in [5.74, 6) is -0.934. The summed E-state index contributed by atoms with van der Waals surface area (Å²) in [6, 6.07) is 9.24. The van der Waals surface area contributed by atoms with Crippen molar-refractivity contribution >= 4 is 17.8 Å². The first kappa shape index (κ1) is 22.4. The zero-order valence-electron chi connectivity index (χ0n) is 16.7.